The number of nitrogens with two attached hydrogens (primary N) is 1. The first-order chi connectivity index (χ1) is 11.2. The molecular formula is C16H23IN6O. The van der Waals surface area contributed by atoms with Crippen LogP contribution >= 0.6 is 24.0 Å². The Labute approximate surface area is 158 Å². The molecule has 0 radical (unpaired) electrons. The number of ether oxygens (including phenoxy) is 1. The molecule has 8 heteroatoms. The maximum Gasteiger partial charge on any atom is 0.193 e. The Balaban J connectivity index is 0.00000208. The molecule has 130 valence electrons. The van der Waals surface area contributed by atoms with E-state index in [0.717, 1.165) is 42.5 Å². The van der Waals surface area contributed by atoms with Gasteiger partial charge in [-0.05, 0) is 43.5 Å². The van der Waals surface area contributed by atoms with Crippen molar-refractivity contribution < 1.29 is 4.74 Å². The molecule has 1 aliphatic heterocycles. The standard InChI is InChI=1S/C16H22N6O.HI/c1-11-20-21-15-8-3-12(10-22(11)15)9-18-16(17)19-13-4-6-14(23-2)7-5-13;/h4-7,12H,3,8-10H2,1-2H3,(H3,17,18,19);1H. The third-order valence-electron chi connectivity index (χ3n) is 4.11. The zero-order chi connectivity index (χ0) is 16.2. The molecule has 2 heterocycles. The maximum atomic E-state index is 5.97. The van der Waals surface area contributed by atoms with Gasteiger partial charge in [-0.2, -0.15) is 0 Å². The van der Waals surface area contributed by atoms with Crippen LogP contribution in [0.4, 0.5) is 5.69 Å². The highest BCUT2D eigenvalue weighted by Crippen LogP contribution is 2.20. The lowest BCUT2D eigenvalue weighted by atomic mass is 9.99. The van der Waals surface area contributed by atoms with Gasteiger partial charge >= 0.3 is 0 Å². The van der Waals surface area contributed by atoms with Crippen molar-refractivity contribution in [2.45, 2.75) is 26.3 Å². The van der Waals surface area contributed by atoms with Gasteiger partial charge in [-0.25, -0.2) is 0 Å². The van der Waals surface area contributed by atoms with Crippen LogP contribution in [0.3, 0.4) is 0 Å². The fourth-order valence-electron chi connectivity index (χ4n) is 2.77. The van der Waals surface area contributed by atoms with Crippen LogP contribution in [0.25, 0.3) is 0 Å². The van der Waals surface area contributed by atoms with Gasteiger partial charge in [0.05, 0.1) is 7.11 Å². The molecule has 1 aliphatic rings. The molecule has 0 amide bonds. The number of anilines is 1. The van der Waals surface area contributed by atoms with Gasteiger partial charge in [-0.15, -0.1) is 34.2 Å². The average Bonchev–Trinajstić information content (AvgIpc) is 2.94. The summed E-state index contributed by atoms with van der Waals surface area (Å²) in [6, 6.07) is 7.59. The highest BCUT2D eigenvalue weighted by atomic mass is 127. The molecule has 0 spiro atoms. The Kier molecular flexibility index (Phi) is 6.41. The number of benzene rings is 1. The molecule has 24 heavy (non-hydrogen) atoms. The molecule has 0 saturated heterocycles. The number of nitrogens with one attached hydrogen (secondary N) is 1. The second-order valence-electron chi connectivity index (χ2n) is 5.76. The molecule has 3 N–H and O–H groups in total. The number of nitrogens with zero attached hydrogens (tertiary/aromatic N) is 4. The van der Waals surface area contributed by atoms with Gasteiger partial charge < -0.3 is 20.4 Å². The molecule has 3 rings (SSSR count). The number of aryl methyl sites for hydroxylation is 2. The average molecular weight is 442 g/mol. The summed E-state index contributed by atoms with van der Waals surface area (Å²) in [5.41, 5.74) is 6.87. The lowest BCUT2D eigenvalue weighted by molar-refractivity contribution is 0.370. The van der Waals surface area contributed by atoms with Crippen molar-refractivity contribution in [3.8, 4) is 5.75 Å². The van der Waals surface area contributed by atoms with Gasteiger partial charge in [0.25, 0.3) is 0 Å². The van der Waals surface area contributed by atoms with Crippen LogP contribution in [-0.4, -0.2) is 34.4 Å². The van der Waals surface area contributed by atoms with Crippen LogP contribution in [0.2, 0.25) is 0 Å². The number of aliphatic imine (C=N–C) groups is 1. The molecular weight excluding hydrogens is 419 g/mol. The van der Waals surface area contributed by atoms with Gasteiger partial charge in [0, 0.05) is 25.2 Å². The van der Waals surface area contributed by atoms with Crippen LogP contribution in [0.5, 0.6) is 5.75 Å². The van der Waals surface area contributed by atoms with Crippen molar-refractivity contribution in [1.29, 1.82) is 0 Å². The molecule has 0 bridgehead atoms. The molecule has 1 unspecified atom stereocenters. The van der Waals surface area contributed by atoms with Crippen molar-refractivity contribution >= 4 is 35.6 Å². The molecule has 1 aromatic carbocycles. The van der Waals surface area contributed by atoms with E-state index in [1.165, 1.54) is 0 Å². The Morgan fingerprint density at radius 3 is 2.83 bits per heavy atom. The van der Waals surface area contributed by atoms with Crippen molar-refractivity contribution in [1.82, 2.24) is 14.8 Å². The van der Waals surface area contributed by atoms with Crippen molar-refractivity contribution in [3.05, 3.63) is 35.9 Å². The van der Waals surface area contributed by atoms with Crippen LogP contribution in [0.1, 0.15) is 18.1 Å². The summed E-state index contributed by atoms with van der Waals surface area (Å²) in [4.78, 5) is 4.47. The minimum Gasteiger partial charge on any atom is -0.497 e. The molecule has 7 nitrogen and oxygen atoms in total. The highest BCUT2D eigenvalue weighted by molar-refractivity contribution is 14.0. The fourth-order valence-corrected chi connectivity index (χ4v) is 2.77. The van der Waals surface area contributed by atoms with E-state index >= 15 is 0 Å². The monoisotopic (exact) mass is 442 g/mol. The third-order valence-corrected chi connectivity index (χ3v) is 4.11. The minimum absolute atomic E-state index is 0. The Hall–Kier alpha value is -1.84. The first-order valence-corrected chi connectivity index (χ1v) is 7.75. The summed E-state index contributed by atoms with van der Waals surface area (Å²) in [6.07, 6.45) is 2.02. The normalized spacial score (nSPS) is 16.9. The summed E-state index contributed by atoms with van der Waals surface area (Å²) in [5, 5.41) is 11.4. The fraction of sp³-hybridized carbons (Fsp3) is 0.438. The molecule has 0 saturated carbocycles. The predicted molar refractivity (Wildman–Crippen MR) is 105 cm³/mol. The van der Waals surface area contributed by atoms with E-state index in [4.69, 9.17) is 10.5 Å². The van der Waals surface area contributed by atoms with E-state index in [2.05, 4.69) is 25.1 Å². The minimum atomic E-state index is 0. The van der Waals surface area contributed by atoms with Crippen LogP contribution in [0.15, 0.2) is 29.3 Å². The zero-order valence-electron chi connectivity index (χ0n) is 13.9. The lowest BCUT2D eigenvalue weighted by Gasteiger charge is -2.22. The van der Waals surface area contributed by atoms with Gasteiger partial charge in [0.1, 0.15) is 17.4 Å². The first kappa shape index (κ1) is 18.5. The lowest BCUT2D eigenvalue weighted by Crippen LogP contribution is -2.27. The molecule has 2 aromatic rings. The van der Waals surface area contributed by atoms with Crippen molar-refractivity contribution in [3.63, 3.8) is 0 Å². The topological polar surface area (TPSA) is 90.3 Å². The van der Waals surface area contributed by atoms with Gasteiger partial charge in [-0.1, -0.05) is 0 Å². The van der Waals surface area contributed by atoms with Gasteiger partial charge in [0.15, 0.2) is 5.96 Å². The third kappa shape index (κ3) is 4.37. The number of fused-ring (bicyclic) bond motifs is 1. The van der Waals surface area contributed by atoms with Crippen LogP contribution in [0, 0.1) is 12.8 Å². The largest absolute Gasteiger partial charge is 0.497 e. The van der Waals surface area contributed by atoms with E-state index in [1.54, 1.807) is 7.11 Å². The number of halogens is 1. The van der Waals surface area contributed by atoms with Crippen molar-refractivity contribution in [2.24, 2.45) is 16.6 Å². The first-order valence-electron chi connectivity index (χ1n) is 7.75. The molecule has 1 aromatic heterocycles. The van der Waals surface area contributed by atoms with E-state index in [0.29, 0.717) is 18.4 Å². The predicted octanol–water partition coefficient (Wildman–Crippen LogP) is 2.20. The zero-order valence-corrected chi connectivity index (χ0v) is 16.2. The molecule has 0 fully saturated rings. The second kappa shape index (κ2) is 8.32. The smallest absolute Gasteiger partial charge is 0.193 e. The van der Waals surface area contributed by atoms with Gasteiger partial charge in [0.2, 0.25) is 0 Å². The Morgan fingerprint density at radius 1 is 1.38 bits per heavy atom. The van der Waals surface area contributed by atoms with E-state index in [9.17, 15) is 0 Å². The Bertz CT molecular complexity index is 697. The summed E-state index contributed by atoms with van der Waals surface area (Å²) >= 11 is 0. The van der Waals surface area contributed by atoms with E-state index < -0.39 is 0 Å². The Morgan fingerprint density at radius 2 is 2.12 bits per heavy atom. The summed E-state index contributed by atoms with van der Waals surface area (Å²) in [5.74, 6) is 3.76. The maximum absolute atomic E-state index is 5.97. The SMILES string of the molecule is COc1ccc(NC(N)=NCC2CCc3nnc(C)n3C2)cc1.I. The number of hydrogen-bond donors (Lipinski definition) is 2. The second-order valence-corrected chi connectivity index (χ2v) is 5.76. The molecule has 0 aliphatic carbocycles. The quantitative estimate of drug-likeness (QED) is 0.431. The van der Waals surface area contributed by atoms with Crippen molar-refractivity contribution in [2.75, 3.05) is 19.0 Å². The number of guanidine groups is 1. The summed E-state index contributed by atoms with van der Waals surface area (Å²) < 4.78 is 7.31. The van der Waals surface area contributed by atoms with Crippen LogP contribution in [-0.2, 0) is 13.0 Å². The highest BCUT2D eigenvalue weighted by Gasteiger charge is 2.21. The van der Waals surface area contributed by atoms with Crippen LogP contribution < -0.4 is 15.8 Å². The number of rotatable bonds is 4. The van der Waals surface area contributed by atoms with E-state index in [1.807, 2.05) is 31.2 Å². The van der Waals surface area contributed by atoms with Gasteiger partial charge in [-0.3, -0.25) is 4.99 Å². The number of methoxy groups -OCH3 is 1. The number of aromatic nitrogens is 3. The van der Waals surface area contributed by atoms with E-state index in [-0.39, 0.29) is 24.0 Å². The number of hydrogen-bond acceptors (Lipinski definition) is 4. The molecule has 1 atom stereocenters. The summed E-state index contributed by atoms with van der Waals surface area (Å²) in [7, 11) is 1.64. The summed E-state index contributed by atoms with van der Waals surface area (Å²) in [6.45, 7) is 3.60.